The topological polar surface area (TPSA) is 76.5 Å². The summed E-state index contributed by atoms with van der Waals surface area (Å²) in [4.78, 5) is 12.2. The summed E-state index contributed by atoms with van der Waals surface area (Å²) in [6, 6.07) is 1.83. The third-order valence-corrected chi connectivity index (χ3v) is 1.98. The molecule has 0 unspecified atom stereocenters. The molecule has 0 spiro atoms. The van der Waals surface area contributed by atoms with Crippen LogP contribution in [-0.2, 0) is 6.54 Å². The first-order valence-corrected chi connectivity index (χ1v) is 4.99. The monoisotopic (exact) mass is 236 g/mol. The summed E-state index contributed by atoms with van der Waals surface area (Å²) < 4.78 is 0. The number of aromatic nitrogens is 5. The van der Waals surface area contributed by atoms with Crippen molar-refractivity contribution in [1.82, 2.24) is 25.1 Å². The third-order valence-electron chi connectivity index (χ3n) is 1.82. The first-order chi connectivity index (χ1) is 7.74. The molecule has 0 aliphatic carbocycles. The second-order valence-electron chi connectivity index (χ2n) is 3.06. The van der Waals surface area contributed by atoms with Crippen LogP contribution in [0.3, 0.4) is 0 Å². The zero-order chi connectivity index (χ0) is 11.4. The number of anilines is 1. The largest absolute Gasteiger partial charge is 0.363 e. The molecule has 0 aliphatic heterocycles. The highest BCUT2D eigenvalue weighted by atomic mass is 35.5. The average molecular weight is 237 g/mol. The Kier molecular flexibility index (Phi) is 3.21. The fourth-order valence-electron chi connectivity index (χ4n) is 1.15. The zero-order valence-corrected chi connectivity index (χ0v) is 9.31. The second-order valence-corrected chi connectivity index (χ2v) is 3.40. The number of hydrogen-bond acceptors (Lipinski definition) is 6. The molecule has 0 amide bonds. The molecule has 1 N–H and O–H groups in total. The van der Waals surface area contributed by atoms with Gasteiger partial charge in [0.15, 0.2) is 0 Å². The minimum Gasteiger partial charge on any atom is -0.363 e. The maximum absolute atomic E-state index is 5.60. The van der Waals surface area contributed by atoms with E-state index in [1.54, 1.807) is 6.20 Å². The van der Waals surface area contributed by atoms with E-state index in [1.807, 2.05) is 13.0 Å². The Labute approximate surface area is 97.1 Å². The van der Waals surface area contributed by atoms with E-state index >= 15 is 0 Å². The normalized spacial score (nSPS) is 10.1. The molecule has 0 saturated heterocycles. The molecule has 16 heavy (non-hydrogen) atoms. The summed E-state index contributed by atoms with van der Waals surface area (Å²) >= 11 is 5.60. The van der Waals surface area contributed by atoms with Crippen molar-refractivity contribution in [3.8, 4) is 0 Å². The Balaban J connectivity index is 2.02. The molecule has 0 aromatic carbocycles. The number of nitrogens with one attached hydrogen (secondary N) is 1. The van der Waals surface area contributed by atoms with Gasteiger partial charge in [-0.3, -0.25) is 0 Å². The summed E-state index contributed by atoms with van der Waals surface area (Å²) in [6.45, 7) is 2.38. The van der Waals surface area contributed by atoms with Gasteiger partial charge in [0.1, 0.15) is 11.6 Å². The van der Waals surface area contributed by atoms with E-state index in [-0.39, 0.29) is 5.28 Å². The molecule has 0 saturated carbocycles. The molecule has 2 aromatic rings. The predicted molar refractivity (Wildman–Crippen MR) is 58.9 cm³/mol. The van der Waals surface area contributed by atoms with Crippen LogP contribution in [0, 0.1) is 6.92 Å². The van der Waals surface area contributed by atoms with Crippen molar-refractivity contribution in [3.63, 3.8) is 0 Å². The van der Waals surface area contributed by atoms with Crippen molar-refractivity contribution >= 4 is 17.4 Å². The fourth-order valence-corrected chi connectivity index (χ4v) is 1.29. The molecule has 82 valence electrons. The summed E-state index contributed by atoms with van der Waals surface area (Å²) in [6.07, 6.45) is 3.21. The molecule has 2 heterocycles. The van der Waals surface area contributed by atoms with E-state index in [4.69, 9.17) is 11.6 Å². The lowest BCUT2D eigenvalue weighted by atomic mass is 10.4. The Bertz CT molecular complexity index is 443. The van der Waals surface area contributed by atoms with E-state index < -0.39 is 0 Å². The van der Waals surface area contributed by atoms with Gasteiger partial charge in [-0.2, -0.15) is 10.1 Å². The molecule has 2 rings (SSSR count). The highest BCUT2D eigenvalue weighted by Crippen LogP contribution is 2.05. The first kappa shape index (κ1) is 10.7. The molecule has 7 heteroatoms. The summed E-state index contributed by atoms with van der Waals surface area (Å²) in [5.41, 5.74) is 0.877. The summed E-state index contributed by atoms with van der Waals surface area (Å²) in [5.74, 6) is 1.30. The fraction of sp³-hybridized carbons (Fsp3) is 0.222. The number of halogens is 1. The number of rotatable bonds is 3. The Hall–Kier alpha value is -1.82. The summed E-state index contributed by atoms with van der Waals surface area (Å²) in [7, 11) is 0. The van der Waals surface area contributed by atoms with Crippen LogP contribution in [0.25, 0.3) is 0 Å². The molecule has 0 radical (unpaired) electrons. The van der Waals surface area contributed by atoms with Gasteiger partial charge in [-0.05, 0) is 24.6 Å². The number of hydrogen-bond donors (Lipinski definition) is 1. The smallest absolute Gasteiger partial charge is 0.244 e. The van der Waals surface area contributed by atoms with Crippen molar-refractivity contribution in [2.45, 2.75) is 13.5 Å². The highest BCUT2D eigenvalue weighted by molar-refractivity contribution is 6.28. The predicted octanol–water partition coefficient (Wildman–Crippen LogP) is 1.24. The molecule has 0 bridgehead atoms. The molecule has 6 nitrogen and oxygen atoms in total. The van der Waals surface area contributed by atoms with Crippen LogP contribution in [0.15, 0.2) is 18.5 Å². The van der Waals surface area contributed by atoms with E-state index in [1.165, 1.54) is 6.20 Å². The van der Waals surface area contributed by atoms with Gasteiger partial charge in [-0.25, -0.2) is 9.97 Å². The molecule has 0 aliphatic rings. The van der Waals surface area contributed by atoms with Gasteiger partial charge in [-0.1, -0.05) is 0 Å². The van der Waals surface area contributed by atoms with Crippen molar-refractivity contribution in [2.24, 2.45) is 0 Å². The third kappa shape index (κ3) is 2.83. The number of nitrogens with zero attached hydrogens (tertiary/aromatic N) is 5. The van der Waals surface area contributed by atoms with Crippen LogP contribution in [0.5, 0.6) is 0 Å². The van der Waals surface area contributed by atoms with Gasteiger partial charge in [-0.15, -0.1) is 5.10 Å². The van der Waals surface area contributed by atoms with Crippen molar-refractivity contribution in [3.05, 3.63) is 35.3 Å². The van der Waals surface area contributed by atoms with Crippen molar-refractivity contribution in [1.29, 1.82) is 0 Å². The molecular formula is C9H9ClN6. The Morgan fingerprint density at radius 2 is 2.25 bits per heavy atom. The SMILES string of the molecule is Cc1nccc(CNc2cnnc(Cl)n2)n1. The van der Waals surface area contributed by atoms with E-state index in [0.29, 0.717) is 12.4 Å². The lowest BCUT2D eigenvalue weighted by molar-refractivity contribution is 0.927. The van der Waals surface area contributed by atoms with Crippen LogP contribution in [0.4, 0.5) is 5.82 Å². The zero-order valence-electron chi connectivity index (χ0n) is 8.55. The lowest BCUT2D eigenvalue weighted by Crippen LogP contribution is -2.05. The van der Waals surface area contributed by atoms with Crippen molar-refractivity contribution in [2.75, 3.05) is 5.32 Å². The second kappa shape index (κ2) is 4.80. The standard InChI is InChI=1S/C9H9ClN6/c1-6-11-3-2-7(14-6)4-12-8-5-13-16-9(10)15-8/h2-3,5H,4H2,1H3,(H,12,15,16). The lowest BCUT2D eigenvalue weighted by Gasteiger charge is -2.04. The van der Waals surface area contributed by atoms with E-state index in [2.05, 4.69) is 30.5 Å². The quantitative estimate of drug-likeness (QED) is 0.864. The van der Waals surface area contributed by atoms with Gasteiger partial charge in [0, 0.05) is 6.20 Å². The first-order valence-electron chi connectivity index (χ1n) is 4.61. The van der Waals surface area contributed by atoms with E-state index in [0.717, 1.165) is 11.5 Å². The minimum atomic E-state index is 0.115. The average Bonchev–Trinajstić information content (AvgIpc) is 2.27. The Morgan fingerprint density at radius 3 is 3.00 bits per heavy atom. The molecule has 0 atom stereocenters. The Morgan fingerprint density at radius 1 is 1.38 bits per heavy atom. The van der Waals surface area contributed by atoms with E-state index in [9.17, 15) is 0 Å². The van der Waals surface area contributed by atoms with Crippen LogP contribution in [0.1, 0.15) is 11.5 Å². The minimum absolute atomic E-state index is 0.115. The number of aryl methyl sites for hydroxylation is 1. The van der Waals surface area contributed by atoms with Gasteiger partial charge >= 0.3 is 0 Å². The van der Waals surface area contributed by atoms with Gasteiger partial charge in [0.25, 0.3) is 0 Å². The maximum atomic E-state index is 5.60. The van der Waals surface area contributed by atoms with Crippen LogP contribution in [-0.4, -0.2) is 25.1 Å². The summed E-state index contributed by atoms with van der Waals surface area (Å²) in [5, 5.41) is 10.4. The molecular weight excluding hydrogens is 228 g/mol. The van der Waals surface area contributed by atoms with Crippen LogP contribution in [0.2, 0.25) is 5.28 Å². The molecule has 0 fully saturated rings. The van der Waals surface area contributed by atoms with Crippen LogP contribution < -0.4 is 5.32 Å². The van der Waals surface area contributed by atoms with Crippen molar-refractivity contribution < 1.29 is 0 Å². The van der Waals surface area contributed by atoms with Gasteiger partial charge in [0.2, 0.25) is 5.28 Å². The van der Waals surface area contributed by atoms with Crippen LogP contribution >= 0.6 is 11.6 Å². The van der Waals surface area contributed by atoms with Gasteiger partial charge < -0.3 is 5.32 Å². The molecule has 2 aromatic heterocycles. The maximum Gasteiger partial charge on any atom is 0.244 e. The highest BCUT2D eigenvalue weighted by Gasteiger charge is 1.99. The van der Waals surface area contributed by atoms with Gasteiger partial charge in [0.05, 0.1) is 18.4 Å².